The van der Waals surface area contributed by atoms with Crippen LogP contribution in [-0.4, -0.2) is 34.7 Å². The molecular formula is C16H25N4O2S+. The molecule has 1 unspecified atom stereocenters. The van der Waals surface area contributed by atoms with Gasteiger partial charge in [0.15, 0.2) is 12.6 Å². The van der Waals surface area contributed by atoms with Crippen molar-refractivity contribution in [1.82, 2.24) is 15.5 Å². The van der Waals surface area contributed by atoms with E-state index >= 15 is 0 Å². The van der Waals surface area contributed by atoms with E-state index in [2.05, 4.69) is 22.4 Å². The second-order valence-corrected chi connectivity index (χ2v) is 6.90. The Bertz CT molecular complexity index is 609. The topological polar surface area (TPSA) is 72.5 Å². The fourth-order valence-corrected chi connectivity index (χ4v) is 3.04. The number of amides is 1. The molecule has 0 spiro atoms. The van der Waals surface area contributed by atoms with Crippen LogP contribution < -0.4 is 10.2 Å². The summed E-state index contributed by atoms with van der Waals surface area (Å²) in [7, 11) is 0. The van der Waals surface area contributed by atoms with Gasteiger partial charge in [0.05, 0.1) is 11.4 Å². The number of carbonyl (C=O) groups is 1. The van der Waals surface area contributed by atoms with Crippen LogP contribution in [0.3, 0.4) is 0 Å². The number of nitrogens with one attached hydrogen (secondary N) is 2. The first kappa shape index (κ1) is 17.6. The zero-order chi connectivity index (χ0) is 16.8. The van der Waals surface area contributed by atoms with Crippen LogP contribution in [0.4, 0.5) is 0 Å². The van der Waals surface area contributed by atoms with Crippen LogP contribution in [0.5, 0.6) is 0 Å². The number of hydrogen-bond donors (Lipinski definition) is 2. The maximum atomic E-state index is 12.3. The van der Waals surface area contributed by atoms with E-state index in [9.17, 15) is 4.79 Å². The van der Waals surface area contributed by atoms with Crippen LogP contribution in [0.15, 0.2) is 21.9 Å². The van der Waals surface area contributed by atoms with E-state index in [-0.39, 0.29) is 18.0 Å². The molecule has 2 atom stereocenters. The fraction of sp³-hybridized carbons (Fsp3) is 0.562. The number of nitrogens with zero attached hydrogens (tertiary/aromatic N) is 2. The zero-order valence-corrected chi connectivity index (χ0v) is 14.9. The average Bonchev–Trinajstić information content (AvgIpc) is 3.16. The van der Waals surface area contributed by atoms with Crippen molar-refractivity contribution >= 4 is 17.2 Å². The van der Waals surface area contributed by atoms with E-state index < -0.39 is 0 Å². The molecule has 0 aliphatic heterocycles. The Hall–Kier alpha value is -1.73. The molecule has 7 heteroatoms. The molecule has 0 aliphatic rings. The third-order valence-electron chi connectivity index (χ3n) is 3.58. The number of quaternary nitrogens is 1. The summed E-state index contributed by atoms with van der Waals surface area (Å²) in [6.07, 6.45) is 0.987. The van der Waals surface area contributed by atoms with E-state index in [1.54, 1.807) is 11.3 Å². The summed E-state index contributed by atoms with van der Waals surface area (Å²) < 4.78 is 5.75. The van der Waals surface area contributed by atoms with Crippen LogP contribution in [0.2, 0.25) is 0 Å². The summed E-state index contributed by atoms with van der Waals surface area (Å²) in [6.45, 7) is 9.42. The predicted octanol–water partition coefficient (Wildman–Crippen LogP) is 1.51. The molecule has 0 saturated carbocycles. The Morgan fingerprint density at radius 2 is 2.17 bits per heavy atom. The van der Waals surface area contributed by atoms with Gasteiger partial charge in [-0.15, -0.1) is 21.5 Å². The number of carbonyl (C=O) groups excluding carboxylic acids is 1. The second-order valence-electron chi connectivity index (χ2n) is 5.95. The van der Waals surface area contributed by atoms with Gasteiger partial charge in [-0.2, -0.15) is 0 Å². The molecule has 2 rings (SSSR count). The molecule has 2 N–H and O–H groups in total. The Morgan fingerprint density at radius 1 is 1.39 bits per heavy atom. The number of aromatic nitrogens is 2. The smallest absolute Gasteiger partial charge is 0.278 e. The Labute approximate surface area is 140 Å². The van der Waals surface area contributed by atoms with Crippen LogP contribution >= 0.6 is 11.3 Å². The van der Waals surface area contributed by atoms with Gasteiger partial charge in [0, 0.05) is 6.04 Å². The monoisotopic (exact) mass is 337 g/mol. The molecule has 0 saturated heterocycles. The van der Waals surface area contributed by atoms with Gasteiger partial charge in [-0.1, -0.05) is 13.0 Å². The molecule has 0 aromatic carbocycles. The maximum Gasteiger partial charge on any atom is 0.278 e. The summed E-state index contributed by atoms with van der Waals surface area (Å²) in [5, 5.41) is 13.2. The lowest BCUT2D eigenvalue weighted by molar-refractivity contribution is -0.929. The van der Waals surface area contributed by atoms with E-state index in [0.29, 0.717) is 18.3 Å². The maximum absolute atomic E-state index is 12.3. The van der Waals surface area contributed by atoms with Gasteiger partial charge in [0.25, 0.3) is 17.7 Å². The van der Waals surface area contributed by atoms with Crippen molar-refractivity contribution in [2.45, 2.75) is 52.7 Å². The van der Waals surface area contributed by atoms with Gasteiger partial charge in [0.2, 0.25) is 0 Å². The molecule has 6 nitrogen and oxygen atoms in total. The SMILES string of the molecule is CCC[NH+](Cc1nnc(-c2cccs2)o1)[C@H](C)C(=O)NC(C)C. The van der Waals surface area contributed by atoms with Crippen LogP contribution in [0, 0.1) is 0 Å². The standard InChI is InChI=1S/C16H24N4O2S/c1-5-8-20(12(4)15(21)17-11(2)3)10-14-18-19-16(22-14)13-7-6-9-23-13/h6-7,9,11-12H,5,8,10H2,1-4H3,(H,17,21)/p+1/t12-/m1/s1. The molecule has 126 valence electrons. The van der Waals surface area contributed by atoms with Crippen molar-refractivity contribution in [3.8, 4) is 10.8 Å². The summed E-state index contributed by atoms with van der Waals surface area (Å²) in [6, 6.07) is 3.89. The van der Waals surface area contributed by atoms with E-state index in [1.807, 2.05) is 38.3 Å². The van der Waals surface area contributed by atoms with Gasteiger partial charge in [-0.25, -0.2) is 0 Å². The largest absolute Gasteiger partial charge is 0.414 e. The third kappa shape index (κ3) is 4.87. The van der Waals surface area contributed by atoms with Gasteiger partial charge in [-0.3, -0.25) is 4.79 Å². The molecule has 0 aliphatic carbocycles. The van der Waals surface area contributed by atoms with Crippen LogP contribution in [-0.2, 0) is 11.3 Å². The highest BCUT2D eigenvalue weighted by Gasteiger charge is 2.27. The van der Waals surface area contributed by atoms with E-state index in [4.69, 9.17) is 4.42 Å². The second kappa shape index (κ2) is 8.21. The molecule has 23 heavy (non-hydrogen) atoms. The summed E-state index contributed by atoms with van der Waals surface area (Å²) in [5.41, 5.74) is 0. The predicted molar refractivity (Wildman–Crippen MR) is 90.2 cm³/mol. The van der Waals surface area contributed by atoms with Gasteiger partial charge >= 0.3 is 0 Å². The Morgan fingerprint density at radius 3 is 2.78 bits per heavy atom. The fourth-order valence-electron chi connectivity index (χ4n) is 2.39. The molecule has 2 aromatic heterocycles. The lowest BCUT2D eigenvalue weighted by atomic mass is 10.2. The molecule has 0 bridgehead atoms. The Balaban J connectivity index is 2.05. The van der Waals surface area contributed by atoms with Crippen molar-refractivity contribution in [2.24, 2.45) is 0 Å². The molecule has 2 heterocycles. The van der Waals surface area contributed by atoms with Gasteiger partial charge in [-0.05, 0) is 38.6 Å². The highest BCUT2D eigenvalue weighted by Crippen LogP contribution is 2.22. The molecule has 0 fully saturated rings. The quantitative estimate of drug-likeness (QED) is 0.766. The lowest BCUT2D eigenvalue weighted by Gasteiger charge is -2.24. The molecule has 1 amide bonds. The average molecular weight is 337 g/mol. The van der Waals surface area contributed by atoms with Gasteiger partial charge in [0.1, 0.15) is 0 Å². The third-order valence-corrected chi connectivity index (χ3v) is 4.44. The van der Waals surface area contributed by atoms with E-state index in [1.165, 1.54) is 0 Å². The highest BCUT2D eigenvalue weighted by molar-refractivity contribution is 7.13. The van der Waals surface area contributed by atoms with Crippen molar-refractivity contribution in [3.05, 3.63) is 23.4 Å². The summed E-state index contributed by atoms with van der Waals surface area (Å²) in [5.74, 6) is 1.17. The van der Waals surface area contributed by atoms with Crippen molar-refractivity contribution < 1.29 is 14.1 Å². The number of thiophene rings is 1. The minimum absolute atomic E-state index is 0.0569. The lowest BCUT2D eigenvalue weighted by Crippen LogP contribution is -3.15. The first-order valence-corrected chi connectivity index (χ1v) is 8.90. The van der Waals surface area contributed by atoms with Crippen LogP contribution in [0.1, 0.15) is 40.0 Å². The van der Waals surface area contributed by atoms with E-state index in [0.717, 1.165) is 22.7 Å². The first-order valence-electron chi connectivity index (χ1n) is 8.02. The minimum atomic E-state index is -0.158. The normalized spacial score (nSPS) is 14.0. The van der Waals surface area contributed by atoms with Gasteiger partial charge < -0.3 is 14.6 Å². The number of rotatable bonds is 8. The number of hydrogen-bond acceptors (Lipinski definition) is 5. The minimum Gasteiger partial charge on any atom is -0.414 e. The van der Waals surface area contributed by atoms with Crippen molar-refractivity contribution in [2.75, 3.05) is 6.54 Å². The van der Waals surface area contributed by atoms with Crippen molar-refractivity contribution in [3.63, 3.8) is 0 Å². The molecule has 0 radical (unpaired) electrons. The molecular weight excluding hydrogens is 312 g/mol. The van der Waals surface area contributed by atoms with Crippen LogP contribution in [0.25, 0.3) is 10.8 Å². The molecule has 2 aromatic rings. The first-order chi connectivity index (χ1) is 11.0. The zero-order valence-electron chi connectivity index (χ0n) is 14.1. The van der Waals surface area contributed by atoms with Crippen molar-refractivity contribution in [1.29, 1.82) is 0 Å². The summed E-state index contributed by atoms with van der Waals surface area (Å²) in [4.78, 5) is 14.4. The highest BCUT2D eigenvalue weighted by atomic mass is 32.1. The summed E-state index contributed by atoms with van der Waals surface area (Å²) >= 11 is 1.57. The Kier molecular flexibility index (Phi) is 6.29.